The van der Waals surface area contributed by atoms with E-state index in [2.05, 4.69) is 5.32 Å². The Hall–Kier alpha value is -1.26. The maximum absolute atomic E-state index is 10.9. The van der Waals surface area contributed by atoms with Gasteiger partial charge in [0.05, 0.1) is 0 Å². The van der Waals surface area contributed by atoms with E-state index >= 15 is 0 Å². The summed E-state index contributed by atoms with van der Waals surface area (Å²) in [6.45, 7) is 4.98. The van der Waals surface area contributed by atoms with Crippen LogP contribution in [0.15, 0.2) is 0 Å². The summed E-state index contributed by atoms with van der Waals surface area (Å²) in [7, 11) is 0. The third-order valence-corrected chi connectivity index (χ3v) is 1.60. The zero-order valence-electron chi connectivity index (χ0n) is 8.09. The first-order chi connectivity index (χ1) is 5.87. The van der Waals surface area contributed by atoms with E-state index < -0.39 is 24.2 Å². The highest BCUT2D eigenvalue weighted by Crippen LogP contribution is 2.12. The Kier molecular flexibility index (Phi) is 4.23. The number of hydrogen-bond donors (Lipinski definition) is 2. The Bertz CT molecular complexity index is 200. The molecule has 0 radical (unpaired) electrons. The van der Waals surface area contributed by atoms with Crippen LogP contribution in [0, 0.1) is 0 Å². The Morgan fingerprint density at radius 3 is 2.38 bits per heavy atom. The molecular weight excluding hydrogens is 174 g/mol. The molecule has 0 heterocycles. The lowest BCUT2D eigenvalue weighted by Gasteiger charge is -2.22. The van der Waals surface area contributed by atoms with Gasteiger partial charge in [-0.2, -0.15) is 0 Å². The molecule has 13 heavy (non-hydrogen) atoms. The summed E-state index contributed by atoms with van der Waals surface area (Å²) in [6, 6.07) is 0. The number of amides is 1. The number of carbonyl (C=O) groups excluding carboxylic acids is 1. The van der Waals surface area contributed by atoms with Crippen molar-refractivity contribution in [3.8, 4) is 0 Å². The minimum Gasteiger partial charge on any atom is -0.480 e. The van der Waals surface area contributed by atoms with Crippen LogP contribution in [0.3, 0.4) is 0 Å². The Labute approximate surface area is 77.1 Å². The molecule has 0 unspecified atom stereocenters. The van der Waals surface area contributed by atoms with E-state index in [1.165, 1.54) is 0 Å². The minimum atomic E-state index is -1.09. The summed E-state index contributed by atoms with van der Waals surface area (Å²) in [5.41, 5.74) is -0.553. The largest absolute Gasteiger partial charge is 0.480 e. The molecular formula is C8H15NO4. The molecule has 0 saturated carbocycles. The lowest BCUT2D eigenvalue weighted by atomic mass is 10.1. The summed E-state index contributed by atoms with van der Waals surface area (Å²) < 4.78 is 4.92. The second-order valence-corrected chi connectivity index (χ2v) is 3.25. The van der Waals surface area contributed by atoms with Gasteiger partial charge in [-0.05, 0) is 20.3 Å². The Morgan fingerprint density at radius 1 is 1.46 bits per heavy atom. The van der Waals surface area contributed by atoms with Crippen LogP contribution < -0.4 is 5.32 Å². The number of ether oxygens (including phenoxy) is 1. The van der Waals surface area contributed by atoms with Gasteiger partial charge in [0, 0.05) is 0 Å². The number of alkyl carbamates (subject to hydrolysis) is 1. The number of carboxylic acid groups (broad SMARTS) is 1. The highest BCUT2D eigenvalue weighted by atomic mass is 16.6. The van der Waals surface area contributed by atoms with Gasteiger partial charge in [-0.15, -0.1) is 0 Å². The zero-order valence-corrected chi connectivity index (χ0v) is 8.09. The fourth-order valence-electron chi connectivity index (χ4n) is 0.507. The van der Waals surface area contributed by atoms with Crippen LogP contribution in [0.5, 0.6) is 0 Å². The van der Waals surface area contributed by atoms with E-state index in [1.807, 2.05) is 6.92 Å². The van der Waals surface area contributed by atoms with Crippen molar-refractivity contribution in [1.29, 1.82) is 0 Å². The Balaban J connectivity index is 3.81. The molecule has 2 N–H and O–H groups in total. The van der Waals surface area contributed by atoms with E-state index in [-0.39, 0.29) is 0 Å². The van der Waals surface area contributed by atoms with Crippen molar-refractivity contribution in [2.75, 3.05) is 6.54 Å². The third kappa shape index (κ3) is 5.95. The van der Waals surface area contributed by atoms with Crippen LogP contribution >= 0.6 is 0 Å². The van der Waals surface area contributed by atoms with Crippen molar-refractivity contribution < 1.29 is 19.4 Å². The van der Waals surface area contributed by atoms with Gasteiger partial charge in [0.2, 0.25) is 0 Å². The van der Waals surface area contributed by atoms with Crippen LogP contribution in [0.25, 0.3) is 0 Å². The molecule has 0 bridgehead atoms. The van der Waals surface area contributed by atoms with Crippen LogP contribution in [0.4, 0.5) is 4.79 Å². The van der Waals surface area contributed by atoms with E-state index in [0.717, 1.165) is 0 Å². The van der Waals surface area contributed by atoms with Crippen molar-refractivity contribution in [3.05, 3.63) is 0 Å². The molecule has 0 atom stereocenters. The lowest BCUT2D eigenvalue weighted by molar-refractivity contribution is -0.136. The molecule has 5 heteroatoms. The Morgan fingerprint density at radius 2 is 2.00 bits per heavy atom. The number of rotatable bonds is 4. The first kappa shape index (κ1) is 11.7. The summed E-state index contributed by atoms with van der Waals surface area (Å²) in [6.07, 6.45) is -0.0257. The molecule has 0 aromatic rings. The SMILES string of the molecule is CCC(C)(C)OC(=O)NCC(=O)O. The number of carbonyl (C=O) groups is 2. The molecule has 0 aromatic carbocycles. The summed E-state index contributed by atoms with van der Waals surface area (Å²) in [5.74, 6) is -1.09. The van der Waals surface area contributed by atoms with Crippen molar-refractivity contribution in [1.82, 2.24) is 5.32 Å². The van der Waals surface area contributed by atoms with Crippen molar-refractivity contribution in [3.63, 3.8) is 0 Å². The maximum atomic E-state index is 10.9. The molecule has 76 valence electrons. The fraction of sp³-hybridized carbons (Fsp3) is 0.750. The molecule has 1 amide bonds. The fourth-order valence-corrected chi connectivity index (χ4v) is 0.507. The van der Waals surface area contributed by atoms with Crippen LogP contribution in [0.2, 0.25) is 0 Å². The van der Waals surface area contributed by atoms with Crippen LogP contribution in [-0.2, 0) is 9.53 Å². The molecule has 0 saturated heterocycles. The van der Waals surface area contributed by atoms with E-state index in [4.69, 9.17) is 9.84 Å². The maximum Gasteiger partial charge on any atom is 0.408 e. The van der Waals surface area contributed by atoms with Crippen LogP contribution in [0.1, 0.15) is 27.2 Å². The average molecular weight is 189 g/mol. The highest BCUT2D eigenvalue weighted by molar-refractivity contribution is 5.76. The van der Waals surface area contributed by atoms with E-state index in [1.54, 1.807) is 13.8 Å². The molecule has 0 aromatic heterocycles. The van der Waals surface area contributed by atoms with Gasteiger partial charge < -0.3 is 15.2 Å². The predicted octanol–water partition coefficient (Wildman–Crippen LogP) is 0.986. The number of carboxylic acids is 1. The van der Waals surface area contributed by atoms with Gasteiger partial charge in [-0.1, -0.05) is 6.92 Å². The van der Waals surface area contributed by atoms with E-state index in [9.17, 15) is 9.59 Å². The monoisotopic (exact) mass is 189 g/mol. The summed E-state index contributed by atoms with van der Waals surface area (Å²) >= 11 is 0. The molecule has 0 aliphatic rings. The predicted molar refractivity (Wildman–Crippen MR) is 46.5 cm³/mol. The van der Waals surface area contributed by atoms with Gasteiger partial charge in [0.15, 0.2) is 0 Å². The molecule has 0 aliphatic carbocycles. The standard InChI is InChI=1S/C8H15NO4/c1-4-8(2,3)13-7(12)9-5-6(10)11/h4-5H2,1-3H3,(H,9,12)(H,10,11). The van der Waals surface area contributed by atoms with Gasteiger partial charge in [0.1, 0.15) is 12.1 Å². The molecule has 0 fully saturated rings. The minimum absolute atomic E-state index is 0.418. The smallest absolute Gasteiger partial charge is 0.408 e. The lowest BCUT2D eigenvalue weighted by Crippen LogP contribution is -2.36. The highest BCUT2D eigenvalue weighted by Gasteiger charge is 2.20. The first-order valence-electron chi connectivity index (χ1n) is 4.06. The quantitative estimate of drug-likeness (QED) is 0.691. The summed E-state index contributed by atoms with van der Waals surface area (Å²) in [4.78, 5) is 21.0. The van der Waals surface area contributed by atoms with Crippen molar-refractivity contribution in [2.45, 2.75) is 32.8 Å². The molecule has 0 spiro atoms. The summed E-state index contributed by atoms with van der Waals surface area (Å²) in [5, 5.41) is 10.4. The van der Waals surface area contributed by atoms with Gasteiger partial charge in [-0.3, -0.25) is 4.79 Å². The van der Waals surface area contributed by atoms with Crippen LogP contribution in [-0.4, -0.2) is 29.3 Å². The second-order valence-electron chi connectivity index (χ2n) is 3.25. The topological polar surface area (TPSA) is 75.6 Å². The first-order valence-corrected chi connectivity index (χ1v) is 4.06. The van der Waals surface area contributed by atoms with Gasteiger partial charge in [0.25, 0.3) is 0 Å². The zero-order chi connectivity index (χ0) is 10.5. The van der Waals surface area contributed by atoms with Crippen molar-refractivity contribution in [2.24, 2.45) is 0 Å². The molecule has 0 rings (SSSR count). The molecule has 5 nitrogen and oxygen atoms in total. The van der Waals surface area contributed by atoms with Gasteiger partial charge in [-0.25, -0.2) is 4.79 Å². The molecule has 0 aliphatic heterocycles. The van der Waals surface area contributed by atoms with Gasteiger partial charge >= 0.3 is 12.1 Å². The number of aliphatic carboxylic acids is 1. The normalized spacial score (nSPS) is 10.7. The number of hydrogen-bond acceptors (Lipinski definition) is 3. The number of nitrogens with one attached hydrogen (secondary N) is 1. The van der Waals surface area contributed by atoms with Crippen molar-refractivity contribution >= 4 is 12.1 Å². The second kappa shape index (κ2) is 4.69. The average Bonchev–Trinajstić information content (AvgIpc) is 2.00. The third-order valence-electron chi connectivity index (χ3n) is 1.60. The van der Waals surface area contributed by atoms with E-state index in [0.29, 0.717) is 6.42 Å².